The Hall–Kier alpha value is -1.02. The molecular formula is C11H15NO. The summed E-state index contributed by atoms with van der Waals surface area (Å²) in [4.78, 5) is 2.24. The van der Waals surface area contributed by atoms with Gasteiger partial charge in [-0.25, -0.2) is 0 Å². The summed E-state index contributed by atoms with van der Waals surface area (Å²) in [5.74, 6) is 1.20. The molecule has 0 fully saturated rings. The Balaban J connectivity index is 2.05. The van der Waals surface area contributed by atoms with E-state index < -0.39 is 0 Å². The van der Waals surface area contributed by atoms with Crippen molar-refractivity contribution in [1.29, 1.82) is 0 Å². The molecule has 0 spiro atoms. The van der Waals surface area contributed by atoms with Gasteiger partial charge in [-0.3, -0.25) is 4.90 Å². The van der Waals surface area contributed by atoms with Gasteiger partial charge in [-0.1, -0.05) is 18.2 Å². The van der Waals surface area contributed by atoms with E-state index in [2.05, 4.69) is 23.6 Å². The minimum absolute atomic E-state index is 0.721. The highest BCUT2D eigenvalue weighted by atomic mass is 16.5. The van der Waals surface area contributed by atoms with Crippen LogP contribution < -0.4 is 0 Å². The van der Waals surface area contributed by atoms with E-state index in [9.17, 15) is 0 Å². The van der Waals surface area contributed by atoms with Gasteiger partial charge >= 0.3 is 0 Å². The molecular weight excluding hydrogens is 162 g/mol. The molecule has 0 aromatic carbocycles. The van der Waals surface area contributed by atoms with Crippen LogP contribution >= 0.6 is 0 Å². The van der Waals surface area contributed by atoms with Crippen LogP contribution in [0, 0.1) is 0 Å². The number of hydrogen-bond acceptors (Lipinski definition) is 2. The Bertz CT molecular complexity index is 265. The van der Waals surface area contributed by atoms with Crippen LogP contribution in [0.3, 0.4) is 0 Å². The maximum absolute atomic E-state index is 5.65. The molecule has 2 aliphatic rings. The van der Waals surface area contributed by atoms with Crippen molar-refractivity contribution in [2.45, 2.75) is 12.8 Å². The molecule has 0 radical (unpaired) electrons. The largest absolute Gasteiger partial charge is 0.482 e. The fraction of sp³-hybridized carbons (Fsp3) is 0.455. The number of ether oxygens (including phenoxy) is 1. The molecule has 0 saturated carbocycles. The molecule has 2 rings (SSSR count). The molecule has 1 aliphatic carbocycles. The van der Waals surface area contributed by atoms with Crippen molar-refractivity contribution >= 4 is 0 Å². The van der Waals surface area contributed by atoms with Crippen LogP contribution in [0.2, 0.25) is 0 Å². The molecule has 0 saturated heterocycles. The maximum Gasteiger partial charge on any atom is 0.142 e. The van der Waals surface area contributed by atoms with Crippen LogP contribution in [0.4, 0.5) is 0 Å². The average molecular weight is 177 g/mol. The summed E-state index contributed by atoms with van der Waals surface area (Å²) in [5, 5.41) is 0. The summed E-state index contributed by atoms with van der Waals surface area (Å²) in [6.45, 7) is 6.37. The first kappa shape index (κ1) is 8.57. The van der Waals surface area contributed by atoms with E-state index in [0.717, 1.165) is 32.7 Å². The van der Waals surface area contributed by atoms with Crippen LogP contribution in [0.1, 0.15) is 12.8 Å². The molecule has 1 heterocycles. The molecule has 2 nitrogen and oxygen atoms in total. The summed E-state index contributed by atoms with van der Waals surface area (Å²) in [6.07, 6.45) is 8.53. The third-order valence-electron chi connectivity index (χ3n) is 2.42. The summed E-state index contributed by atoms with van der Waals surface area (Å²) >= 11 is 0. The lowest BCUT2D eigenvalue weighted by molar-refractivity contribution is 0.0606. The molecule has 1 aliphatic heterocycles. The quantitative estimate of drug-likeness (QED) is 0.599. The van der Waals surface area contributed by atoms with E-state index in [0.29, 0.717) is 0 Å². The molecule has 0 aromatic rings. The molecule has 0 aromatic heterocycles. The Morgan fingerprint density at radius 3 is 3.38 bits per heavy atom. The van der Waals surface area contributed by atoms with Crippen LogP contribution in [0.25, 0.3) is 0 Å². The van der Waals surface area contributed by atoms with E-state index in [1.165, 1.54) is 11.3 Å². The molecule has 0 bridgehead atoms. The van der Waals surface area contributed by atoms with Gasteiger partial charge in [-0.05, 0) is 6.42 Å². The molecule has 70 valence electrons. The number of nitrogens with zero attached hydrogens (tertiary/aromatic N) is 1. The zero-order valence-electron chi connectivity index (χ0n) is 7.83. The normalized spacial score (nSPS) is 22.5. The van der Waals surface area contributed by atoms with Crippen molar-refractivity contribution < 1.29 is 4.74 Å². The Morgan fingerprint density at radius 1 is 1.62 bits per heavy atom. The summed E-state index contributed by atoms with van der Waals surface area (Å²) < 4.78 is 5.65. The van der Waals surface area contributed by atoms with Gasteiger partial charge in [0.2, 0.25) is 0 Å². The van der Waals surface area contributed by atoms with Crippen LogP contribution in [0.5, 0.6) is 0 Å². The second kappa shape index (κ2) is 3.79. The standard InChI is InChI=1S/C11H15NO/c1-2-7-12-8-10-5-3-4-6-11(10)13-9-12/h2-3,5H,1,4,6-9H2. The highest BCUT2D eigenvalue weighted by Crippen LogP contribution is 2.24. The topological polar surface area (TPSA) is 12.5 Å². The average Bonchev–Trinajstić information content (AvgIpc) is 2.18. The molecule has 0 amide bonds. The van der Waals surface area contributed by atoms with Gasteiger partial charge in [0.05, 0.1) is 0 Å². The number of hydrogen-bond donors (Lipinski definition) is 0. The van der Waals surface area contributed by atoms with Crippen molar-refractivity contribution in [2.75, 3.05) is 19.8 Å². The lowest BCUT2D eigenvalue weighted by Gasteiger charge is -2.30. The van der Waals surface area contributed by atoms with Gasteiger partial charge in [-0.2, -0.15) is 0 Å². The zero-order chi connectivity index (χ0) is 9.10. The predicted octanol–water partition coefficient (Wildman–Crippen LogP) is 2.07. The number of rotatable bonds is 2. The minimum atomic E-state index is 0.721. The predicted molar refractivity (Wildman–Crippen MR) is 53.1 cm³/mol. The molecule has 2 heteroatoms. The second-order valence-electron chi connectivity index (χ2n) is 3.46. The monoisotopic (exact) mass is 177 g/mol. The molecule has 13 heavy (non-hydrogen) atoms. The summed E-state index contributed by atoms with van der Waals surface area (Å²) in [5.41, 5.74) is 1.35. The highest BCUT2D eigenvalue weighted by Gasteiger charge is 2.18. The summed E-state index contributed by atoms with van der Waals surface area (Å²) in [7, 11) is 0. The Kier molecular flexibility index (Phi) is 2.50. The summed E-state index contributed by atoms with van der Waals surface area (Å²) in [6, 6.07) is 0. The smallest absolute Gasteiger partial charge is 0.142 e. The fourth-order valence-corrected chi connectivity index (χ4v) is 1.75. The van der Waals surface area contributed by atoms with Crippen LogP contribution in [-0.2, 0) is 4.74 Å². The van der Waals surface area contributed by atoms with Crippen molar-refractivity contribution in [1.82, 2.24) is 4.90 Å². The first-order chi connectivity index (χ1) is 6.40. The minimum Gasteiger partial charge on any atom is -0.482 e. The van der Waals surface area contributed by atoms with Gasteiger partial charge in [-0.15, -0.1) is 6.58 Å². The maximum atomic E-state index is 5.65. The number of allylic oxidation sites excluding steroid dienone is 2. The van der Waals surface area contributed by atoms with E-state index in [1.807, 2.05) is 6.08 Å². The Labute approximate surface area is 79.2 Å². The lowest BCUT2D eigenvalue weighted by atomic mass is 10.0. The van der Waals surface area contributed by atoms with Crippen molar-refractivity contribution in [2.24, 2.45) is 0 Å². The van der Waals surface area contributed by atoms with Crippen molar-refractivity contribution in [3.8, 4) is 0 Å². The zero-order valence-corrected chi connectivity index (χ0v) is 7.83. The molecule has 0 N–H and O–H groups in total. The van der Waals surface area contributed by atoms with Gasteiger partial charge in [0.25, 0.3) is 0 Å². The van der Waals surface area contributed by atoms with E-state index >= 15 is 0 Å². The molecule has 0 unspecified atom stereocenters. The van der Waals surface area contributed by atoms with Crippen LogP contribution in [0.15, 0.2) is 36.1 Å². The van der Waals surface area contributed by atoms with Gasteiger partial charge < -0.3 is 4.74 Å². The lowest BCUT2D eigenvalue weighted by Crippen LogP contribution is -2.33. The molecule has 0 atom stereocenters. The first-order valence-corrected chi connectivity index (χ1v) is 4.75. The SMILES string of the molecule is C=CCN1COC2=C(C=CCC2)C1. The second-order valence-corrected chi connectivity index (χ2v) is 3.46. The fourth-order valence-electron chi connectivity index (χ4n) is 1.75. The van der Waals surface area contributed by atoms with E-state index in [1.54, 1.807) is 0 Å². The Morgan fingerprint density at radius 2 is 2.54 bits per heavy atom. The van der Waals surface area contributed by atoms with Gasteiger partial charge in [0, 0.05) is 25.1 Å². The third kappa shape index (κ3) is 1.83. The third-order valence-corrected chi connectivity index (χ3v) is 2.42. The van der Waals surface area contributed by atoms with E-state index in [-0.39, 0.29) is 0 Å². The van der Waals surface area contributed by atoms with E-state index in [4.69, 9.17) is 4.74 Å². The highest BCUT2D eigenvalue weighted by molar-refractivity contribution is 5.28. The van der Waals surface area contributed by atoms with Gasteiger partial charge in [0.15, 0.2) is 0 Å². The first-order valence-electron chi connectivity index (χ1n) is 4.75. The van der Waals surface area contributed by atoms with Crippen molar-refractivity contribution in [3.63, 3.8) is 0 Å². The van der Waals surface area contributed by atoms with Crippen molar-refractivity contribution in [3.05, 3.63) is 36.1 Å². The van der Waals surface area contributed by atoms with Crippen LogP contribution in [-0.4, -0.2) is 24.7 Å². The van der Waals surface area contributed by atoms with Gasteiger partial charge in [0.1, 0.15) is 12.5 Å².